The molecule has 0 aromatic rings. The molecule has 19 heavy (non-hydrogen) atoms. The third-order valence-corrected chi connectivity index (χ3v) is 6.06. The van der Waals surface area contributed by atoms with Gasteiger partial charge in [0.15, 0.2) is 0 Å². The van der Waals surface area contributed by atoms with Crippen molar-refractivity contribution in [3.8, 4) is 0 Å². The van der Waals surface area contributed by atoms with Crippen molar-refractivity contribution < 1.29 is 4.74 Å². The molecule has 0 bridgehead atoms. The van der Waals surface area contributed by atoms with E-state index in [4.69, 9.17) is 4.74 Å². The van der Waals surface area contributed by atoms with Crippen LogP contribution >= 0.6 is 15.9 Å². The number of ether oxygens (including phenoxy) is 1. The fraction of sp³-hybridized carbons (Fsp3) is 1.00. The minimum Gasteiger partial charge on any atom is -0.381 e. The van der Waals surface area contributed by atoms with Gasteiger partial charge in [-0.05, 0) is 51.2 Å². The van der Waals surface area contributed by atoms with E-state index < -0.39 is 0 Å². The fourth-order valence-corrected chi connectivity index (χ4v) is 4.20. The van der Waals surface area contributed by atoms with Crippen molar-refractivity contribution in [2.45, 2.75) is 38.6 Å². The predicted octanol–water partition coefficient (Wildman–Crippen LogP) is 2.59. The Labute approximate surface area is 126 Å². The quantitative estimate of drug-likeness (QED) is 0.736. The SMILES string of the molecule is CCC1CN(C)CCCN1CC1(CBr)CCOCC1. The minimum absolute atomic E-state index is 0.439. The average Bonchev–Trinajstić information content (AvgIpc) is 2.61. The third kappa shape index (κ3) is 4.16. The summed E-state index contributed by atoms with van der Waals surface area (Å²) in [4.78, 5) is 5.26. The Hall–Kier alpha value is 0.360. The smallest absolute Gasteiger partial charge is 0.0472 e. The maximum absolute atomic E-state index is 5.56. The molecule has 0 radical (unpaired) electrons. The summed E-state index contributed by atoms with van der Waals surface area (Å²) in [5.74, 6) is 0. The molecule has 0 N–H and O–H groups in total. The van der Waals surface area contributed by atoms with Crippen LogP contribution < -0.4 is 0 Å². The number of alkyl halides is 1. The van der Waals surface area contributed by atoms with Gasteiger partial charge in [0.05, 0.1) is 0 Å². The highest BCUT2D eigenvalue weighted by molar-refractivity contribution is 9.09. The van der Waals surface area contributed by atoms with Crippen LogP contribution in [0.15, 0.2) is 0 Å². The van der Waals surface area contributed by atoms with Gasteiger partial charge in [0.1, 0.15) is 0 Å². The van der Waals surface area contributed by atoms with Crippen molar-refractivity contribution in [2.24, 2.45) is 5.41 Å². The second-order valence-corrected chi connectivity index (χ2v) is 6.96. The molecule has 1 atom stereocenters. The number of nitrogens with zero attached hydrogens (tertiary/aromatic N) is 2. The lowest BCUT2D eigenvalue weighted by atomic mass is 9.81. The molecule has 2 heterocycles. The van der Waals surface area contributed by atoms with Crippen molar-refractivity contribution in [1.82, 2.24) is 9.80 Å². The van der Waals surface area contributed by atoms with E-state index in [1.807, 2.05) is 0 Å². The third-order valence-electron chi connectivity index (χ3n) is 4.87. The highest BCUT2D eigenvalue weighted by Gasteiger charge is 2.35. The first kappa shape index (κ1) is 15.7. The Balaban J connectivity index is 2.01. The molecule has 4 heteroatoms. The van der Waals surface area contributed by atoms with Gasteiger partial charge in [-0.15, -0.1) is 0 Å². The fourth-order valence-electron chi connectivity index (χ4n) is 3.46. The molecular weight excluding hydrogens is 304 g/mol. The molecule has 1 unspecified atom stereocenters. The molecular formula is C15H29BrN2O. The van der Waals surface area contributed by atoms with Gasteiger partial charge in [-0.3, -0.25) is 4.90 Å². The van der Waals surface area contributed by atoms with Crippen molar-refractivity contribution in [2.75, 3.05) is 51.8 Å². The Morgan fingerprint density at radius 2 is 2.00 bits per heavy atom. The molecule has 3 nitrogen and oxygen atoms in total. The second-order valence-electron chi connectivity index (χ2n) is 6.39. The van der Waals surface area contributed by atoms with E-state index >= 15 is 0 Å². The zero-order valence-electron chi connectivity index (χ0n) is 12.5. The molecule has 112 valence electrons. The number of hydrogen-bond acceptors (Lipinski definition) is 3. The maximum atomic E-state index is 5.56. The molecule has 2 aliphatic rings. The van der Waals surface area contributed by atoms with Gasteiger partial charge in [-0.2, -0.15) is 0 Å². The van der Waals surface area contributed by atoms with Gasteiger partial charge >= 0.3 is 0 Å². The normalized spacial score (nSPS) is 30.2. The van der Waals surface area contributed by atoms with Gasteiger partial charge in [-0.25, -0.2) is 0 Å². The molecule has 0 saturated carbocycles. The molecule has 0 aliphatic carbocycles. The van der Waals surface area contributed by atoms with E-state index in [-0.39, 0.29) is 0 Å². The summed E-state index contributed by atoms with van der Waals surface area (Å²) in [6.07, 6.45) is 4.99. The largest absolute Gasteiger partial charge is 0.381 e. The minimum atomic E-state index is 0.439. The van der Waals surface area contributed by atoms with Crippen LogP contribution in [0.4, 0.5) is 0 Å². The second kappa shape index (κ2) is 7.39. The van der Waals surface area contributed by atoms with Crippen LogP contribution in [0.5, 0.6) is 0 Å². The summed E-state index contributed by atoms with van der Waals surface area (Å²) in [7, 11) is 2.26. The highest BCUT2D eigenvalue weighted by atomic mass is 79.9. The summed E-state index contributed by atoms with van der Waals surface area (Å²) in [6, 6.07) is 0.728. The lowest BCUT2D eigenvalue weighted by molar-refractivity contribution is 0.000519. The van der Waals surface area contributed by atoms with Crippen molar-refractivity contribution in [3.63, 3.8) is 0 Å². The van der Waals surface area contributed by atoms with E-state index in [0.29, 0.717) is 5.41 Å². The average molecular weight is 333 g/mol. The molecule has 0 spiro atoms. The van der Waals surface area contributed by atoms with E-state index in [9.17, 15) is 0 Å². The van der Waals surface area contributed by atoms with E-state index in [0.717, 1.165) is 24.6 Å². The van der Waals surface area contributed by atoms with Crippen molar-refractivity contribution in [1.29, 1.82) is 0 Å². The molecule has 0 aromatic heterocycles. The number of likely N-dealkylation sites (N-methyl/N-ethyl adjacent to an activating group) is 1. The first-order chi connectivity index (χ1) is 9.19. The summed E-state index contributed by atoms with van der Waals surface area (Å²) >= 11 is 3.78. The van der Waals surface area contributed by atoms with Crippen LogP contribution in [-0.4, -0.2) is 67.6 Å². The maximum Gasteiger partial charge on any atom is 0.0472 e. The van der Waals surface area contributed by atoms with E-state index in [2.05, 4.69) is 39.7 Å². The summed E-state index contributed by atoms with van der Waals surface area (Å²) < 4.78 is 5.56. The number of rotatable bonds is 4. The van der Waals surface area contributed by atoms with Crippen LogP contribution in [-0.2, 0) is 4.74 Å². The van der Waals surface area contributed by atoms with Crippen LogP contribution in [0.3, 0.4) is 0 Å². The van der Waals surface area contributed by atoms with Crippen LogP contribution in [0, 0.1) is 5.41 Å². The molecule has 2 fully saturated rings. The summed E-state index contributed by atoms with van der Waals surface area (Å²) in [5, 5.41) is 1.12. The van der Waals surface area contributed by atoms with Crippen molar-refractivity contribution >= 4 is 15.9 Å². The van der Waals surface area contributed by atoms with Crippen LogP contribution in [0.2, 0.25) is 0 Å². The highest BCUT2D eigenvalue weighted by Crippen LogP contribution is 2.34. The first-order valence-corrected chi connectivity index (χ1v) is 8.87. The van der Waals surface area contributed by atoms with Gasteiger partial charge < -0.3 is 9.64 Å². The molecule has 0 amide bonds. The van der Waals surface area contributed by atoms with Gasteiger partial charge in [0.25, 0.3) is 0 Å². The van der Waals surface area contributed by atoms with Crippen LogP contribution in [0.25, 0.3) is 0 Å². The monoisotopic (exact) mass is 332 g/mol. The van der Waals surface area contributed by atoms with E-state index in [1.54, 1.807) is 0 Å². The predicted molar refractivity (Wildman–Crippen MR) is 84.0 cm³/mol. The van der Waals surface area contributed by atoms with E-state index in [1.165, 1.54) is 51.9 Å². The summed E-state index contributed by atoms with van der Waals surface area (Å²) in [5.41, 5.74) is 0.439. The number of hydrogen-bond donors (Lipinski definition) is 0. The standard InChI is InChI=1S/C15H29BrN2O/c1-3-14-11-17(2)7-4-8-18(14)13-15(12-16)5-9-19-10-6-15/h14H,3-13H2,1-2H3. The lowest BCUT2D eigenvalue weighted by Gasteiger charge is -2.42. The van der Waals surface area contributed by atoms with Gasteiger partial charge in [-0.1, -0.05) is 22.9 Å². The molecule has 2 aliphatic heterocycles. The number of halogens is 1. The first-order valence-electron chi connectivity index (χ1n) is 7.75. The molecule has 0 aromatic carbocycles. The Morgan fingerprint density at radius 1 is 1.26 bits per heavy atom. The Kier molecular flexibility index (Phi) is 6.12. The zero-order chi connectivity index (χ0) is 13.7. The van der Waals surface area contributed by atoms with Crippen LogP contribution in [0.1, 0.15) is 32.6 Å². The zero-order valence-corrected chi connectivity index (χ0v) is 14.1. The summed E-state index contributed by atoms with van der Waals surface area (Å²) in [6.45, 7) is 9.20. The molecule has 2 rings (SSSR count). The lowest BCUT2D eigenvalue weighted by Crippen LogP contribution is -2.48. The Morgan fingerprint density at radius 3 is 2.63 bits per heavy atom. The topological polar surface area (TPSA) is 15.7 Å². The molecule has 2 saturated heterocycles. The van der Waals surface area contributed by atoms with Gasteiger partial charge in [0.2, 0.25) is 0 Å². The van der Waals surface area contributed by atoms with Crippen molar-refractivity contribution in [3.05, 3.63) is 0 Å². The Bertz CT molecular complexity index is 269. The van der Waals surface area contributed by atoms with Gasteiger partial charge in [0, 0.05) is 37.7 Å².